The smallest absolute Gasteiger partial charge is 0.234 e. The van der Waals surface area contributed by atoms with E-state index >= 15 is 0 Å². The first-order chi connectivity index (χ1) is 7.18. The number of carbonyl (C=O) groups excluding carboxylic acids is 1. The summed E-state index contributed by atoms with van der Waals surface area (Å²) in [6.07, 6.45) is 2.53. The second-order valence-electron chi connectivity index (χ2n) is 5.11. The topological polar surface area (TPSA) is 44.4 Å². The molecule has 2 N–H and O–H groups in total. The van der Waals surface area contributed by atoms with E-state index in [0.717, 1.165) is 32.7 Å². The van der Waals surface area contributed by atoms with Crippen LogP contribution in [0.1, 0.15) is 19.8 Å². The molecule has 4 heteroatoms. The summed E-state index contributed by atoms with van der Waals surface area (Å²) in [5.41, 5.74) is 0.416. The molecular weight excluding hydrogens is 190 g/mol. The van der Waals surface area contributed by atoms with Crippen molar-refractivity contribution in [2.24, 2.45) is 5.41 Å². The number of hydrogen-bond donors (Lipinski definition) is 2. The summed E-state index contributed by atoms with van der Waals surface area (Å²) in [5.74, 6) is 0.185. The first kappa shape index (κ1) is 10.9. The molecule has 2 aliphatic rings. The van der Waals surface area contributed by atoms with Gasteiger partial charge in [-0.1, -0.05) is 6.92 Å². The van der Waals surface area contributed by atoms with Gasteiger partial charge in [-0.05, 0) is 18.3 Å². The molecule has 86 valence electrons. The molecule has 1 aliphatic carbocycles. The highest BCUT2D eigenvalue weighted by atomic mass is 16.2. The Labute approximate surface area is 91.4 Å². The number of rotatable bonds is 4. The van der Waals surface area contributed by atoms with Crippen LogP contribution in [0.25, 0.3) is 0 Å². The molecule has 0 aromatic rings. The molecule has 0 atom stereocenters. The van der Waals surface area contributed by atoms with Crippen molar-refractivity contribution < 1.29 is 4.79 Å². The third-order valence-electron chi connectivity index (χ3n) is 3.39. The van der Waals surface area contributed by atoms with Crippen molar-refractivity contribution in [3.63, 3.8) is 0 Å². The van der Waals surface area contributed by atoms with Crippen LogP contribution in [0.15, 0.2) is 0 Å². The molecule has 0 bridgehead atoms. The van der Waals surface area contributed by atoms with Gasteiger partial charge in [-0.25, -0.2) is 0 Å². The predicted octanol–water partition coefficient (Wildman–Crippen LogP) is -0.192. The number of nitrogens with one attached hydrogen (secondary N) is 2. The van der Waals surface area contributed by atoms with Crippen molar-refractivity contribution in [3.8, 4) is 0 Å². The van der Waals surface area contributed by atoms with Gasteiger partial charge in [-0.3, -0.25) is 9.69 Å². The molecule has 4 nitrogen and oxygen atoms in total. The van der Waals surface area contributed by atoms with Crippen molar-refractivity contribution in [2.45, 2.75) is 19.8 Å². The lowest BCUT2D eigenvalue weighted by atomic mass is 10.1. The molecule has 1 heterocycles. The van der Waals surface area contributed by atoms with Crippen LogP contribution in [0.5, 0.6) is 0 Å². The fraction of sp³-hybridized carbons (Fsp3) is 0.909. The Morgan fingerprint density at radius 3 is 2.67 bits per heavy atom. The van der Waals surface area contributed by atoms with Gasteiger partial charge in [0.25, 0.3) is 0 Å². The maximum Gasteiger partial charge on any atom is 0.234 e. The quantitative estimate of drug-likeness (QED) is 0.677. The normalized spacial score (nSPS) is 24.9. The Kier molecular flexibility index (Phi) is 3.26. The zero-order valence-corrected chi connectivity index (χ0v) is 9.51. The van der Waals surface area contributed by atoms with E-state index in [1.807, 2.05) is 0 Å². The lowest BCUT2D eigenvalue weighted by Crippen LogP contribution is -2.48. The summed E-state index contributed by atoms with van der Waals surface area (Å²) in [6, 6.07) is 0. The van der Waals surface area contributed by atoms with Gasteiger partial charge in [0.15, 0.2) is 0 Å². The highest BCUT2D eigenvalue weighted by Gasteiger charge is 2.37. The average molecular weight is 211 g/mol. The summed E-state index contributed by atoms with van der Waals surface area (Å²) in [7, 11) is 0. The van der Waals surface area contributed by atoms with E-state index in [1.54, 1.807) is 0 Å². The van der Waals surface area contributed by atoms with Gasteiger partial charge in [0.05, 0.1) is 6.54 Å². The predicted molar refractivity (Wildman–Crippen MR) is 59.7 cm³/mol. The van der Waals surface area contributed by atoms with E-state index in [2.05, 4.69) is 22.5 Å². The first-order valence-corrected chi connectivity index (χ1v) is 5.88. The highest BCUT2D eigenvalue weighted by Crippen LogP contribution is 2.43. The van der Waals surface area contributed by atoms with Crippen LogP contribution >= 0.6 is 0 Å². The second-order valence-corrected chi connectivity index (χ2v) is 5.11. The van der Waals surface area contributed by atoms with Gasteiger partial charge >= 0.3 is 0 Å². The van der Waals surface area contributed by atoms with Gasteiger partial charge in [0, 0.05) is 32.7 Å². The Morgan fingerprint density at radius 1 is 1.40 bits per heavy atom. The minimum atomic E-state index is 0.185. The fourth-order valence-corrected chi connectivity index (χ4v) is 1.83. The van der Waals surface area contributed by atoms with Crippen LogP contribution in [0.2, 0.25) is 0 Å². The largest absolute Gasteiger partial charge is 0.354 e. The molecule has 0 radical (unpaired) electrons. The van der Waals surface area contributed by atoms with Crippen LogP contribution in [0.4, 0.5) is 0 Å². The van der Waals surface area contributed by atoms with Crippen molar-refractivity contribution in [1.82, 2.24) is 15.5 Å². The molecule has 1 saturated carbocycles. The van der Waals surface area contributed by atoms with E-state index in [4.69, 9.17) is 0 Å². The maximum absolute atomic E-state index is 11.6. The molecule has 2 fully saturated rings. The van der Waals surface area contributed by atoms with E-state index in [0.29, 0.717) is 12.0 Å². The first-order valence-electron chi connectivity index (χ1n) is 5.88. The van der Waals surface area contributed by atoms with E-state index in [9.17, 15) is 4.79 Å². The fourth-order valence-electron chi connectivity index (χ4n) is 1.83. The molecule has 1 aliphatic heterocycles. The molecule has 1 saturated heterocycles. The third kappa shape index (κ3) is 3.47. The number of hydrogen-bond acceptors (Lipinski definition) is 3. The van der Waals surface area contributed by atoms with Crippen LogP contribution < -0.4 is 10.6 Å². The van der Waals surface area contributed by atoms with Gasteiger partial charge in [-0.2, -0.15) is 0 Å². The third-order valence-corrected chi connectivity index (χ3v) is 3.39. The Balaban J connectivity index is 1.62. The Hall–Kier alpha value is -0.610. The number of carbonyl (C=O) groups is 1. The molecule has 0 aromatic carbocycles. The molecule has 0 aromatic heterocycles. The summed E-state index contributed by atoms with van der Waals surface area (Å²) < 4.78 is 0. The van der Waals surface area contributed by atoms with Gasteiger partial charge in [0.2, 0.25) is 5.91 Å². The van der Waals surface area contributed by atoms with Crippen molar-refractivity contribution in [3.05, 3.63) is 0 Å². The second kappa shape index (κ2) is 4.49. The van der Waals surface area contributed by atoms with Crippen LogP contribution in [0, 0.1) is 5.41 Å². The molecule has 2 rings (SSSR count). The molecule has 0 spiro atoms. The van der Waals surface area contributed by atoms with Crippen molar-refractivity contribution >= 4 is 5.91 Å². The van der Waals surface area contributed by atoms with Crippen LogP contribution in [-0.4, -0.2) is 50.1 Å². The number of amides is 1. The zero-order chi connectivity index (χ0) is 10.7. The highest BCUT2D eigenvalue weighted by molar-refractivity contribution is 5.78. The lowest BCUT2D eigenvalue weighted by Gasteiger charge is -2.26. The minimum Gasteiger partial charge on any atom is -0.354 e. The molecule has 15 heavy (non-hydrogen) atoms. The van der Waals surface area contributed by atoms with Crippen molar-refractivity contribution in [2.75, 3.05) is 39.3 Å². The van der Waals surface area contributed by atoms with Crippen LogP contribution in [0.3, 0.4) is 0 Å². The minimum absolute atomic E-state index is 0.185. The Morgan fingerprint density at radius 2 is 2.07 bits per heavy atom. The lowest BCUT2D eigenvalue weighted by molar-refractivity contribution is -0.122. The maximum atomic E-state index is 11.6. The average Bonchev–Trinajstić information content (AvgIpc) is 2.96. The van der Waals surface area contributed by atoms with E-state index in [-0.39, 0.29) is 5.91 Å². The SMILES string of the molecule is CC1(CNC(=O)CN2CCNCC2)CC1. The number of nitrogens with zero attached hydrogens (tertiary/aromatic N) is 1. The summed E-state index contributed by atoms with van der Waals surface area (Å²) in [5, 5.41) is 6.31. The number of piperazine rings is 1. The Bertz CT molecular complexity index is 232. The summed E-state index contributed by atoms with van der Waals surface area (Å²) >= 11 is 0. The summed E-state index contributed by atoms with van der Waals surface area (Å²) in [4.78, 5) is 13.8. The van der Waals surface area contributed by atoms with Crippen LogP contribution in [-0.2, 0) is 4.79 Å². The summed E-state index contributed by atoms with van der Waals surface area (Å²) in [6.45, 7) is 7.65. The molecule has 1 amide bonds. The molecular formula is C11H21N3O. The van der Waals surface area contributed by atoms with Gasteiger partial charge in [-0.15, -0.1) is 0 Å². The van der Waals surface area contributed by atoms with E-state index < -0.39 is 0 Å². The van der Waals surface area contributed by atoms with Gasteiger partial charge < -0.3 is 10.6 Å². The van der Waals surface area contributed by atoms with Crippen molar-refractivity contribution in [1.29, 1.82) is 0 Å². The standard InChI is InChI=1S/C11H21N3O/c1-11(2-3-11)9-13-10(15)8-14-6-4-12-5-7-14/h12H,2-9H2,1H3,(H,13,15). The monoisotopic (exact) mass is 211 g/mol. The molecule has 0 unspecified atom stereocenters. The van der Waals surface area contributed by atoms with Gasteiger partial charge in [0.1, 0.15) is 0 Å². The zero-order valence-electron chi connectivity index (χ0n) is 9.51. The van der Waals surface area contributed by atoms with E-state index in [1.165, 1.54) is 12.8 Å².